The molecule has 0 aliphatic carbocycles. The molecule has 22 heavy (non-hydrogen) atoms. The van der Waals surface area contributed by atoms with Gasteiger partial charge in [-0.15, -0.1) is 11.8 Å². The summed E-state index contributed by atoms with van der Waals surface area (Å²) in [5.74, 6) is -1.43. The molecule has 114 valence electrons. The molecular formula is C16H14ClNO3S. The maximum absolute atomic E-state index is 12.3. The quantitative estimate of drug-likeness (QED) is 0.671. The highest BCUT2D eigenvalue weighted by molar-refractivity contribution is 7.98. The van der Waals surface area contributed by atoms with Crippen LogP contribution in [0.5, 0.6) is 0 Å². The van der Waals surface area contributed by atoms with Crippen molar-refractivity contribution in [2.24, 2.45) is 5.73 Å². The Bertz CT molecular complexity index is 691. The van der Waals surface area contributed by atoms with Crippen molar-refractivity contribution in [1.82, 2.24) is 0 Å². The van der Waals surface area contributed by atoms with Crippen LogP contribution in [-0.4, -0.2) is 18.1 Å². The fourth-order valence-electron chi connectivity index (χ4n) is 1.88. The third kappa shape index (κ3) is 3.81. The van der Waals surface area contributed by atoms with Gasteiger partial charge in [-0.1, -0.05) is 41.9 Å². The van der Waals surface area contributed by atoms with Crippen LogP contribution in [0.2, 0.25) is 5.02 Å². The van der Waals surface area contributed by atoms with Gasteiger partial charge in [-0.05, 0) is 24.5 Å². The van der Waals surface area contributed by atoms with E-state index in [4.69, 9.17) is 22.1 Å². The van der Waals surface area contributed by atoms with Crippen LogP contribution in [0.3, 0.4) is 0 Å². The van der Waals surface area contributed by atoms with E-state index in [1.807, 2.05) is 6.26 Å². The average Bonchev–Trinajstić information content (AvgIpc) is 2.53. The average molecular weight is 336 g/mol. The van der Waals surface area contributed by atoms with Gasteiger partial charge in [0.1, 0.15) is 0 Å². The summed E-state index contributed by atoms with van der Waals surface area (Å²) in [5, 5.41) is 0.263. The first-order valence-corrected chi connectivity index (χ1v) is 8.02. The van der Waals surface area contributed by atoms with Gasteiger partial charge in [0.2, 0.25) is 6.10 Å². The summed E-state index contributed by atoms with van der Waals surface area (Å²) in [5.41, 5.74) is 6.05. The molecule has 2 rings (SSSR count). The second-order valence-electron chi connectivity index (χ2n) is 4.44. The molecule has 2 aromatic rings. The summed E-state index contributed by atoms with van der Waals surface area (Å²) in [7, 11) is 0. The van der Waals surface area contributed by atoms with E-state index in [9.17, 15) is 9.59 Å². The molecule has 0 aromatic heterocycles. The minimum atomic E-state index is -1.15. The Labute approximate surface area is 137 Å². The fraction of sp³-hybridized carbons (Fsp3) is 0.125. The van der Waals surface area contributed by atoms with Gasteiger partial charge in [0.25, 0.3) is 5.91 Å². The number of benzene rings is 2. The molecule has 0 spiro atoms. The molecule has 0 saturated heterocycles. The number of thioether (sulfide) groups is 1. The van der Waals surface area contributed by atoms with Gasteiger partial charge in [-0.25, -0.2) is 4.79 Å². The zero-order valence-corrected chi connectivity index (χ0v) is 13.4. The molecule has 1 atom stereocenters. The number of hydrogen-bond acceptors (Lipinski definition) is 4. The molecule has 4 nitrogen and oxygen atoms in total. The van der Waals surface area contributed by atoms with Crippen LogP contribution in [0.4, 0.5) is 0 Å². The number of hydrogen-bond donors (Lipinski definition) is 1. The SMILES string of the molecule is CSc1ccc(Cl)c(C(=O)OC(C(N)=O)c2ccccc2)c1. The summed E-state index contributed by atoms with van der Waals surface area (Å²) < 4.78 is 5.26. The smallest absolute Gasteiger partial charge is 0.340 e. The lowest BCUT2D eigenvalue weighted by Gasteiger charge is -2.15. The van der Waals surface area contributed by atoms with Crippen LogP contribution in [0.15, 0.2) is 53.4 Å². The van der Waals surface area contributed by atoms with Crippen molar-refractivity contribution >= 4 is 35.2 Å². The second kappa shape index (κ2) is 7.33. The van der Waals surface area contributed by atoms with Gasteiger partial charge >= 0.3 is 5.97 Å². The summed E-state index contributed by atoms with van der Waals surface area (Å²) in [6.07, 6.45) is 0.733. The number of esters is 1. The minimum Gasteiger partial charge on any atom is -0.444 e. The van der Waals surface area contributed by atoms with Gasteiger partial charge in [0.05, 0.1) is 10.6 Å². The zero-order valence-electron chi connectivity index (χ0n) is 11.8. The van der Waals surface area contributed by atoms with Crippen LogP contribution in [0.1, 0.15) is 22.0 Å². The number of carbonyl (C=O) groups is 2. The number of rotatable bonds is 5. The third-order valence-corrected chi connectivity index (χ3v) is 4.03. The van der Waals surface area contributed by atoms with Gasteiger partial charge in [0, 0.05) is 10.5 Å². The molecular weight excluding hydrogens is 322 g/mol. The number of halogens is 1. The maximum Gasteiger partial charge on any atom is 0.340 e. The van der Waals surface area contributed by atoms with E-state index in [2.05, 4.69) is 0 Å². The van der Waals surface area contributed by atoms with Gasteiger partial charge in [-0.2, -0.15) is 0 Å². The summed E-state index contributed by atoms with van der Waals surface area (Å²) in [4.78, 5) is 24.7. The summed E-state index contributed by atoms with van der Waals surface area (Å²) >= 11 is 7.50. The molecule has 0 aliphatic rings. The highest BCUT2D eigenvalue weighted by Gasteiger charge is 2.24. The lowest BCUT2D eigenvalue weighted by molar-refractivity contribution is -0.127. The third-order valence-electron chi connectivity index (χ3n) is 2.98. The highest BCUT2D eigenvalue weighted by atomic mass is 35.5. The summed E-state index contributed by atoms with van der Waals surface area (Å²) in [6, 6.07) is 13.6. The molecule has 0 bridgehead atoms. The summed E-state index contributed by atoms with van der Waals surface area (Å²) in [6.45, 7) is 0. The standard InChI is InChI=1S/C16H14ClNO3S/c1-22-11-7-8-13(17)12(9-11)16(20)21-14(15(18)19)10-5-3-2-4-6-10/h2-9,14H,1H3,(H2,18,19). The van der Waals surface area contributed by atoms with Crippen LogP contribution in [0, 0.1) is 0 Å². The normalized spacial score (nSPS) is 11.7. The molecule has 2 N–H and O–H groups in total. The van der Waals surface area contributed by atoms with E-state index in [-0.39, 0.29) is 10.6 Å². The number of ether oxygens (including phenoxy) is 1. The van der Waals surface area contributed by atoms with Crippen LogP contribution >= 0.6 is 23.4 Å². The molecule has 1 amide bonds. The topological polar surface area (TPSA) is 69.4 Å². The molecule has 0 radical (unpaired) electrons. The molecule has 6 heteroatoms. The van der Waals surface area contributed by atoms with E-state index in [0.717, 1.165) is 4.90 Å². The largest absolute Gasteiger partial charge is 0.444 e. The molecule has 0 saturated carbocycles. The number of nitrogens with two attached hydrogens (primary N) is 1. The Morgan fingerprint density at radius 3 is 2.45 bits per heavy atom. The lowest BCUT2D eigenvalue weighted by atomic mass is 10.1. The highest BCUT2D eigenvalue weighted by Crippen LogP contribution is 2.26. The Kier molecular flexibility index (Phi) is 5.46. The Hall–Kier alpha value is -1.98. The molecule has 0 heterocycles. The lowest BCUT2D eigenvalue weighted by Crippen LogP contribution is -2.26. The predicted octanol–water partition coefficient (Wildman–Crippen LogP) is 3.45. The van der Waals surface area contributed by atoms with Crippen molar-refractivity contribution in [3.8, 4) is 0 Å². The number of carbonyl (C=O) groups excluding carboxylic acids is 2. The second-order valence-corrected chi connectivity index (χ2v) is 5.73. The minimum absolute atomic E-state index is 0.204. The molecule has 0 fully saturated rings. The van der Waals surface area contributed by atoms with Crippen LogP contribution < -0.4 is 5.73 Å². The van der Waals surface area contributed by atoms with Crippen molar-refractivity contribution in [2.75, 3.05) is 6.26 Å². The molecule has 0 aliphatic heterocycles. The fourth-order valence-corrected chi connectivity index (χ4v) is 2.51. The first kappa shape index (κ1) is 16.4. The monoisotopic (exact) mass is 335 g/mol. The van der Waals surface area contributed by atoms with E-state index in [1.54, 1.807) is 48.5 Å². The van der Waals surface area contributed by atoms with E-state index < -0.39 is 18.0 Å². The van der Waals surface area contributed by atoms with Gasteiger partial charge in [-0.3, -0.25) is 4.79 Å². The number of primary amides is 1. The molecule has 2 aromatic carbocycles. The van der Waals surface area contributed by atoms with Crippen LogP contribution in [0.25, 0.3) is 0 Å². The first-order chi connectivity index (χ1) is 10.5. The van der Waals surface area contributed by atoms with E-state index in [0.29, 0.717) is 5.56 Å². The van der Waals surface area contributed by atoms with Gasteiger partial charge in [0.15, 0.2) is 0 Å². The maximum atomic E-state index is 12.3. The Morgan fingerprint density at radius 2 is 1.86 bits per heavy atom. The predicted molar refractivity (Wildman–Crippen MR) is 87.0 cm³/mol. The molecule has 1 unspecified atom stereocenters. The van der Waals surface area contributed by atoms with Crippen molar-refractivity contribution < 1.29 is 14.3 Å². The van der Waals surface area contributed by atoms with Gasteiger partial charge < -0.3 is 10.5 Å². The Morgan fingerprint density at radius 1 is 1.18 bits per heavy atom. The van der Waals surface area contributed by atoms with E-state index in [1.165, 1.54) is 11.8 Å². The first-order valence-electron chi connectivity index (χ1n) is 6.41. The van der Waals surface area contributed by atoms with Crippen molar-refractivity contribution in [3.63, 3.8) is 0 Å². The van der Waals surface area contributed by atoms with Crippen molar-refractivity contribution in [3.05, 3.63) is 64.7 Å². The zero-order chi connectivity index (χ0) is 16.1. The number of amides is 1. The Balaban J connectivity index is 2.28. The van der Waals surface area contributed by atoms with Crippen LogP contribution in [-0.2, 0) is 9.53 Å². The van der Waals surface area contributed by atoms with Crippen molar-refractivity contribution in [1.29, 1.82) is 0 Å². The van der Waals surface area contributed by atoms with E-state index >= 15 is 0 Å². The van der Waals surface area contributed by atoms with Crippen molar-refractivity contribution in [2.45, 2.75) is 11.0 Å².